The number of hydrogen-bond acceptors (Lipinski definition) is 4. The van der Waals surface area contributed by atoms with Gasteiger partial charge in [-0.15, -0.1) is 0 Å². The van der Waals surface area contributed by atoms with Crippen molar-refractivity contribution in [1.29, 1.82) is 0 Å². The van der Waals surface area contributed by atoms with Gasteiger partial charge < -0.3 is 15.7 Å². The number of pyridine rings is 1. The van der Waals surface area contributed by atoms with Crippen LogP contribution in [-0.4, -0.2) is 35.2 Å². The number of hydrogen-bond donors (Lipinski definition) is 3. The quantitative estimate of drug-likeness (QED) is 0.727. The molecule has 2 rings (SSSR count). The van der Waals surface area contributed by atoms with E-state index >= 15 is 0 Å². The highest BCUT2D eigenvalue weighted by atomic mass is 35.5. The van der Waals surface area contributed by atoms with Gasteiger partial charge in [0.1, 0.15) is 5.82 Å². The average molecular weight is 318 g/mol. The highest BCUT2D eigenvalue weighted by Gasteiger charge is 2.30. The fraction of sp³-hybridized carbons (Fsp3) is 0.538. The number of nitrogens with one attached hydrogen (secondary N) is 2. The smallest absolute Gasteiger partial charge is 0.225 e. The third kappa shape index (κ3) is 3.98. The predicted octanol–water partition coefficient (Wildman–Crippen LogP) is 2.08. The summed E-state index contributed by atoms with van der Waals surface area (Å²) < 4.78 is 0. The lowest BCUT2D eigenvalue weighted by Gasteiger charge is -2.14. The Labute approximate surface area is 127 Å². The molecule has 1 aliphatic rings. The minimum Gasteiger partial charge on any atom is -0.392 e. The van der Waals surface area contributed by atoms with Crippen LogP contribution >= 0.6 is 23.2 Å². The van der Waals surface area contributed by atoms with Crippen LogP contribution in [0.4, 0.5) is 5.82 Å². The van der Waals surface area contributed by atoms with E-state index in [1.165, 1.54) is 6.20 Å². The third-order valence-electron chi connectivity index (χ3n) is 3.34. The summed E-state index contributed by atoms with van der Waals surface area (Å²) in [6, 6.07) is 1.60. The summed E-state index contributed by atoms with van der Waals surface area (Å²) in [5, 5.41) is 16.4. The van der Waals surface area contributed by atoms with Crippen LogP contribution in [0.25, 0.3) is 0 Å². The minimum atomic E-state index is -0.504. The van der Waals surface area contributed by atoms with Crippen LogP contribution in [-0.2, 0) is 4.79 Å². The molecular formula is C13H17Cl2N3O2. The summed E-state index contributed by atoms with van der Waals surface area (Å²) in [7, 11) is 0. The molecule has 3 N–H and O–H groups in total. The second-order valence-corrected chi connectivity index (χ2v) is 5.65. The first-order valence-electron chi connectivity index (χ1n) is 6.58. The Bertz CT molecular complexity index is 485. The number of carbonyl (C=O) groups excluding carboxylic acids is 1. The summed E-state index contributed by atoms with van der Waals surface area (Å²) in [6.07, 6.45) is 3.37. The number of carbonyl (C=O) groups is 1. The molecule has 0 saturated heterocycles. The second-order valence-electron chi connectivity index (χ2n) is 4.81. The Balaban J connectivity index is 1.72. The molecule has 0 radical (unpaired) electrons. The molecule has 2 unspecified atom stereocenters. The number of aromatic nitrogens is 1. The average Bonchev–Trinajstić information content (AvgIpc) is 2.83. The van der Waals surface area contributed by atoms with Crippen LogP contribution in [0.15, 0.2) is 12.3 Å². The Morgan fingerprint density at radius 1 is 1.40 bits per heavy atom. The SMILES string of the molecule is O=C(NCCNc1ncc(Cl)cc1Cl)C1CCCC1O. The van der Waals surface area contributed by atoms with Gasteiger partial charge >= 0.3 is 0 Å². The van der Waals surface area contributed by atoms with E-state index in [0.29, 0.717) is 35.4 Å². The lowest BCUT2D eigenvalue weighted by molar-refractivity contribution is -0.127. The van der Waals surface area contributed by atoms with Gasteiger partial charge in [0.25, 0.3) is 0 Å². The van der Waals surface area contributed by atoms with Crippen molar-refractivity contribution < 1.29 is 9.90 Å². The maximum absolute atomic E-state index is 11.8. The van der Waals surface area contributed by atoms with Crippen molar-refractivity contribution in [2.75, 3.05) is 18.4 Å². The molecule has 1 aromatic heterocycles. The number of amides is 1. The molecule has 2 atom stereocenters. The Morgan fingerprint density at radius 2 is 2.20 bits per heavy atom. The standard InChI is InChI=1S/C13H17Cl2N3O2/c14-8-6-10(15)12(18-7-8)16-4-5-17-13(20)9-2-1-3-11(9)19/h6-7,9,11,19H,1-5H2,(H,16,18)(H,17,20). The number of rotatable bonds is 5. The van der Waals surface area contributed by atoms with Crippen LogP contribution in [0.2, 0.25) is 10.0 Å². The summed E-state index contributed by atoms with van der Waals surface area (Å²) >= 11 is 11.7. The summed E-state index contributed by atoms with van der Waals surface area (Å²) in [4.78, 5) is 15.9. The van der Waals surface area contributed by atoms with E-state index in [1.807, 2.05) is 0 Å². The van der Waals surface area contributed by atoms with E-state index < -0.39 is 6.10 Å². The van der Waals surface area contributed by atoms with Crippen molar-refractivity contribution in [3.05, 3.63) is 22.3 Å². The molecule has 0 aliphatic heterocycles. The highest BCUT2D eigenvalue weighted by molar-refractivity contribution is 6.35. The van der Waals surface area contributed by atoms with Gasteiger partial charge in [-0.3, -0.25) is 4.79 Å². The molecule has 1 fully saturated rings. The van der Waals surface area contributed by atoms with E-state index in [1.54, 1.807) is 6.07 Å². The summed E-state index contributed by atoms with van der Waals surface area (Å²) in [6.45, 7) is 0.950. The lowest BCUT2D eigenvalue weighted by Crippen LogP contribution is -2.37. The molecule has 110 valence electrons. The number of anilines is 1. The number of nitrogens with zero attached hydrogens (tertiary/aromatic N) is 1. The Morgan fingerprint density at radius 3 is 2.85 bits per heavy atom. The van der Waals surface area contributed by atoms with E-state index in [9.17, 15) is 9.90 Å². The van der Waals surface area contributed by atoms with Gasteiger partial charge in [-0.05, 0) is 25.3 Å². The molecule has 20 heavy (non-hydrogen) atoms. The topological polar surface area (TPSA) is 74.2 Å². The first-order chi connectivity index (χ1) is 9.58. The summed E-state index contributed by atoms with van der Waals surface area (Å²) in [5.41, 5.74) is 0. The van der Waals surface area contributed by atoms with Crippen LogP contribution in [0.3, 0.4) is 0 Å². The van der Waals surface area contributed by atoms with Gasteiger partial charge in [0.15, 0.2) is 0 Å². The van der Waals surface area contributed by atoms with Gasteiger partial charge in [-0.2, -0.15) is 0 Å². The minimum absolute atomic E-state index is 0.0908. The van der Waals surface area contributed by atoms with Gasteiger partial charge in [0, 0.05) is 19.3 Å². The first kappa shape index (κ1) is 15.4. The Kier molecular flexibility index (Phi) is 5.46. The maximum atomic E-state index is 11.8. The van der Waals surface area contributed by atoms with Gasteiger partial charge in [-0.1, -0.05) is 23.2 Å². The summed E-state index contributed by atoms with van der Waals surface area (Å²) in [5.74, 6) is 0.172. The van der Waals surface area contributed by atoms with E-state index in [0.717, 1.165) is 12.8 Å². The van der Waals surface area contributed by atoms with Gasteiger partial charge in [-0.25, -0.2) is 4.98 Å². The molecule has 5 nitrogen and oxygen atoms in total. The molecule has 1 saturated carbocycles. The zero-order chi connectivity index (χ0) is 14.5. The van der Waals surface area contributed by atoms with Crippen LogP contribution < -0.4 is 10.6 Å². The fourth-order valence-corrected chi connectivity index (χ4v) is 2.74. The van der Waals surface area contributed by atoms with Gasteiger partial charge in [0.05, 0.1) is 22.1 Å². The first-order valence-corrected chi connectivity index (χ1v) is 7.34. The molecule has 1 aliphatic carbocycles. The number of aliphatic hydroxyl groups is 1. The van der Waals surface area contributed by atoms with Crippen molar-refractivity contribution in [2.24, 2.45) is 5.92 Å². The van der Waals surface area contributed by atoms with Crippen molar-refractivity contribution in [3.8, 4) is 0 Å². The van der Waals surface area contributed by atoms with Crippen molar-refractivity contribution >= 4 is 34.9 Å². The van der Waals surface area contributed by atoms with Crippen molar-refractivity contribution in [2.45, 2.75) is 25.4 Å². The molecule has 0 bridgehead atoms. The normalized spacial score (nSPS) is 21.8. The maximum Gasteiger partial charge on any atom is 0.225 e. The Hall–Kier alpha value is -1.04. The molecular weight excluding hydrogens is 301 g/mol. The van der Waals surface area contributed by atoms with Crippen LogP contribution in [0.5, 0.6) is 0 Å². The highest BCUT2D eigenvalue weighted by Crippen LogP contribution is 2.25. The molecule has 1 heterocycles. The van der Waals surface area contributed by atoms with E-state index in [2.05, 4.69) is 15.6 Å². The lowest BCUT2D eigenvalue weighted by atomic mass is 10.1. The van der Waals surface area contributed by atoms with Crippen molar-refractivity contribution in [3.63, 3.8) is 0 Å². The van der Waals surface area contributed by atoms with Gasteiger partial charge in [0.2, 0.25) is 5.91 Å². The number of aliphatic hydroxyl groups excluding tert-OH is 1. The number of halogens is 2. The van der Waals surface area contributed by atoms with Crippen LogP contribution in [0, 0.1) is 5.92 Å². The predicted molar refractivity (Wildman–Crippen MR) is 79.1 cm³/mol. The zero-order valence-corrected chi connectivity index (χ0v) is 12.4. The monoisotopic (exact) mass is 317 g/mol. The van der Waals surface area contributed by atoms with E-state index in [4.69, 9.17) is 23.2 Å². The molecule has 1 amide bonds. The molecule has 0 aromatic carbocycles. The zero-order valence-electron chi connectivity index (χ0n) is 10.9. The van der Waals surface area contributed by atoms with Crippen molar-refractivity contribution in [1.82, 2.24) is 10.3 Å². The fourth-order valence-electron chi connectivity index (χ4n) is 2.29. The molecule has 1 aromatic rings. The molecule has 0 spiro atoms. The second kappa shape index (κ2) is 7.11. The van der Waals surface area contributed by atoms with E-state index in [-0.39, 0.29) is 11.8 Å². The van der Waals surface area contributed by atoms with Crippen LogP contribution in [0.1, 0.15) is 19.3 Å². The molecule has 7 heteroatoms. The largest absolute Gasteiger partial charge is 0.392 e. The third-order valence-corrected chi connectivity index (χ3v) is 3.84.